The second kappa shape index (κ2) is 7.02. The van der Waals surface area contributed by atoms with E-state index < -0.39 is 5.25 Å². The number of Topliss-reactive ketones (excluding diaryl/α,β-unsaturated/α-hetero) is 1. The molecule has 8 heteroatoms. The summed E-state index contributed by atoms with van der Waals surface area (Å²) in [5.41, 5.74) is 6.19. The van der Waals surface area contributed by atoms with Crippen LogP contribution in [0.2, 0.25) is 5.02 Å². The summed E-state index contributed by atoms with van der Waals surface area (Å²) in [7, 11) is 2.99. The molecule has 1 atom stereocenters. The predicted molar refractivity (Wildman–Crippen MR) is 85.9 cm³/mol. The van der Waals surface area contributed by atoms with Crippen LogP contribution in [-0.2, 0) is 16.0 Å². The Labute approximate surface area is 137 Å². The van der Waals surface area contributed by atoms with Gasteiger partial charge < -0.3 is 15.2 Å². The van der Waals surface area contributed by atoms with Crippen LogP contribution in [-0.4, -0.2) is 36.3 Å². The van der Waals surface area contributed by atoms with Crippen LogP contribution in [0.1, 0.15) is 12.0 Å². The Bertz CT molecular complexity index is 648. The molecular formula is C14H15ClN2O4S. The minimum absolute atomic E-state index is 0.0528. The molecule has 22 heavy (non-hydrogen) atoms. The Morgan fingerprint density at radius 1 is 1.41 bits per heavy atom. The van der Waals surface area contributed by atoms with Crippen molar-refractivity contribution in [1.82, 2.24) is 0 Å². The van der Waals surface area contributed by atoms with E-state index in [0.717, 1.165) is 11.8 Å². The van der Waals surface area contributed by atoms with Gasteiger partial charge in [-0.3, -0.25) is 9.59 Å². The SMILES string of the molecule is COc1cc(CC(=O)C2CC(=O)N=C(N)S2)c(OC)cc1Cl. The summed E-state index contributed by atoms with van der Waals surface area (Å²) >= 11 is 7.14. The first-order valence-corrected chi connectivity index (χ1v) is 7.67. The van der Waals surface area contributed by atoms with Crippen LogP contribution in [0.4, 0.5) is 0 Å². The van der Waals surface area contributed by atoms with Gasteiger partial charge in [0, 0.05) is 24.5 Å². The monoisotopic (exact) mass is 342 g/mol. The Hall–Kier alpha value is -1.73. The molecule has 0 bridgehead atoms. The number of nitrogens with two attached hydrogens (primary N) is 1. The third kappa shape index (κ3) is 3.72. The maximum absolute atomic E-state index is 12.4. The van der Waals surface area contributed by atoms with Crippen molar-refractivity contribution in [2.24, 2.45) is 10.7 Å². The first kappa shape index (κ1) is 16.6. The number of carbonyl (C=O) groups is 2. The van der Waals surface area contributed by atoms with Crippen LogP contribution in [0.15, 0.2) is 17.1 Å². The van der Waals surface area contributed by atoms with Crippen molar-refractivity contribution < 1.29 is 19.1 Å². The number of hydrogen-bond acceptors (Lipinski definition) is 6. The second-order valence-corrected chi connectivity index (χ2v) is 6.23. The third-order valence-electron chi connectivity index (χ3n) is 3.14. The number of hydrogen-bond donors (Lipinski definition) is 1. The van der Waals surface area contributed by atoms with E-state index in [2.05, 4.69) is 4.99 Å². The van der Waals surface area contributed by atoms with Gasteiger partial charge in [0.2, 0.25) is 5.91 Å². The zero-order valence-electron chi connectivity index (χ0n) is 12.1. The minimum Gasteiger partial charge on any atom is -0.496 e. The van der Waals surface area contributed by atoms with Gasteiger partial charge in [0.1, 0.15) is 11.5 Å². The number of ether oxygens (including phenoxy) is 2. The lowest BCUT2D eigenvalue weighted by atomic mass is 10.0. The van der Waals surface area contributed by atoms with E-state index in [-0.39, 0.29) is 29.7 Å². The van der Waals surface area contributed by atoms with E-state index in [1.54, 1.807) is 12.1 Å². The van der Waals surface area contributed by atoms with Gasteiger partial charge >= 0.3 is 0 Å². The van der Waals surface area contributed by atoms with Gasteiger partial charge in [0.15, 0.2) is 11.0 Å². The molecular weight excluding hydrogens is 328 g/mol. The van der Waals surface area contributed by atoms with Crippen LogP contribution in [0, 0.1) is 0 Å². The number of amidine groups is 1. The number of halogens is 1. The Kier molecular flexibility index (Phi) is 5.31. The number of aliphatic imine (C=N–C) groups is 1. The minimum atomic E-state index is -0.531. The van der Waals surface area contributed by atoms with E-state index in [1.165, 1.54) is 14.2 Å². The smallest absolute Gasteiger partial charge is 0.249 e. The van der Waals surface area contributed by atoms with Crippen molar-refractivity contribution in [3.63, 3.8) is 0 Å². The maximum atomic E-state index is 12.4. The normalized spacial score (nSPS) is 17.9. The summed E-state index contributed by atoms with van der Waals surface area (Å²) in [6.45, 7) is 0. The summed E-state index contributed by atoms with van der Waals surface area (Å²) in [4.78, 5) is 27.4. The van der Waals surface area contributed by atoms with Gasteiger partial charge in [-0.15, -0.1) is 0 Å². The highest BCUT2D eigenvalue weighted by Gasteiger charge is 2.28. The fraction of sp³-hybridized carbons (Fsp3) is 0.357. The molecule has 1 aliphatic heterocycles. The molecule has 1 aliphatic rings. The molecule has 0 aromatic heterocycles. The topological polar surface area (TPSA) is 91.0 Å². The van der Waals surface area contributed by atoms with Crippen molar-refractivity contribution in [3.05, 3.63) is 22.7 Å². The zero-order valence-corrected chi connectivity index (χ0v) is 13.7. The fourth-order valence-electron chi connectivity index (χ4n) is 2.08. The number of methoxy groups -OCH3 is 2. The van der Waals surface area contributed by atoms with Crippen molar-refractivity contribution in [2.45, 2.75) is 18.1 Å². The van der Waals surface area contributed by atoms with Gasteiger partial charge in [-0.2, -0.15) is 4.99 Å². The second-order valence-electron chi connectivity index (χ2n) is 4.60. The summed E-state index contributed by atoms with van der Waals surface area (Å²) < 4.78 is 10.4. The highest BCUT2D eigenvalue weighted by molar-refractivity contribution is 8.15. The molecule has 118 valence electrons. The average molecular weight is 343 g/mol. The number of rotatable bonds is 5. The largest absolute Gasteiger partial charge is 0.496 e. The van der Waals surface area contributed by atoms with E-state index in [0.29, 0.717) is 22.1 Å². The van der Waals surface area contributed by atoms with Crippen LogP contribution in [0.25, 0.3) is 0 Å². The number of ketones is 1. The molecule has 1 aromatic carbocycles. The molecule has 1 aromatic rings. The number of thioether (sulfide) groups is 1. The molecule has 0 aliphatic carbocycles. The van der Waals surface area contributed by atoms with Crippen LogP contribution >= 0.6 is 23.4 Å². The molecule has 0 fully saturated rings. The lowest BCUT2D eigenvalue weighted by molar-refractivity contribution is -0.122. The molecule has 0 spiro atoms. The number of benzene rings is 1. The van der Waals surface area contributed by atoms with Crippen molar-refractivity contribution in [1.29, 1.82) is 0 Å². The van der Waals surface area contributed by atoms with Crippen molar-refractivity contribution in [3.8, 4) is 11.5 Å². The number of nitrogens with zero attached hydrogens (tertiary/aromatic N) is 1. The van der Waals surface area contributed by atoms with Crippen LogP contribution in [0.3, 0.4) is 0 Å². The van der Waals surface area contributed by atoms with Gasteiger partial charge in [-0.1, -0.05) is 23.4 Å². The molecule has 2 rings (SSSR count). The van der Waals surface area contributed by atoms with Crippen molar-refractivity contribution in [2.75, 3.05) is 14.2 Å². The van der Waals surface area contributed by atoms with E-state index in [9.17, 15) is 9.59 Å². The molecule has 2 N–H and O–H groups in total. The molecule has 1 heterocycles. The number of carbonyl (C=O) groups excluding carboxylic acids is 2. The first-order chi connectivity index (χ1) is 10.4. The Morgan fingerprint density at radius 2 is 2.09 bits per heavy atom. The predicted octanol–water partition coefficient (Wildman–Crippen LogP) is 1.82. The fourth-order valence-corrected chi connectivity index (χ4v) is 3.20. The van der Waals surface area contributed by atoms with Gasteiger partial charge in [0.05, 0.1) is 24.5 Å². The van der Waals surface area contributed by atoms with E-state index >= 15 is 0 Å². The Morgan fingerprint density at radius 3 is 2.68 bits per heavy atom. The highest BCUT2D eigenvalue weighted by Crippen LogP contribution is 2.33. The van der Waals surface area contributed by atoms with Gasteiger partial charge in [-0.05, 0) is 6.07 Å². The average Bonchev–Trinajstić information content (AvgIpc) is 2.47. The molecule has 1 unspecified atom stereocenters. The quantitative estimate of drug-likeness (QED) is 0.877. The van der Waals surface area contributed by atoms with Crippen LogP contribution in [0.5, 0.6) is 11.5 Å². The van der Waals surface area contributed by atoms with Gasteiger partial charge in [-0.25, -0.2) is 0 Å². The molecule has 0 saturated carbocycles. The molecule has 1 amide bonds. The van der Waals surface area contributed by atoms with Crippen molar-refractivity contribution >= 4 is 40.2 Å². The lowest BCUT2D eigenvalue weighted by Crippen LogP contribution is -2.30. The Balaban J connectivity index is 2.21. The van der Waals surface area contributed by atoms with Gasteiger partial charge in [0.25, 0.3) is 0 Å². The molecule has 0 radical (unpaired) electrons. The zero-order chi connectivity index (χ0) is 16.3. The third-order valence-corrected chi connectivity index (χ3v) is 4.48. The number of amides is 1. The lowest BCUT2D eigenvalue weighted by Gasteiger charge is -2.18. The molecule has 6 nitrogen and oxygen atoms in total. The summed E-state index contributed by atoms with van der Waals surface area (Å²) in [6, 6.07) is 3.25. The maximum Gasteiger partial charge on any atom is 0.249 e. The summed E-state index contributed by atoms with van der Waals surface area (Å²) in [6.07, 6.45) is 0.145. The summed E-state index contributed by atoms with van der Waals surface area (Å²) in [5, 5.41) is -0.0132. The van der Waals surface area contributed by atoms with E-state index in [4.69, 9.17) is 26.8 Å². The highest BCUT2D eigenvalue weighted by atomic mass is 35.5. The standard InChI is InChI=1S/C14H15ClN2O4S/c1-20-10-5-8(15)11(21-2)4-7(10)3-9(18)12-6-13(19)17-14(16)22-12/h4-5,12H,3,6H2,1-2H3,(H2,16,17,19). The van der Waals surface area contributed by atoms with E-state index in [1.807, 2.05) is 0 Å². The molecule has 0 saturated heterocycles. The summed E-state index contributed by atoms with van der Waals surface area (Å²) in [5.74, 6) is 0.445. The first-order valence-electron chi connectivity index (χ1n) is 6.41. The van der Waals surface area contributed by atoms with Crippen LogP contribution < -0.4 is 15.2 Å².